The van der Waals surface area contributed by atoms with Crippen molar-refractivity contribution < 1.29 is 28.3 Å². The standard InChI is InChI=1S/C22H40N4O6Si/c1-15(27)22(11-10-12-26(22)19(29)32-20(2,3)4)18(28)24-16(17-25-23-14-30-17)13-31-33(8,9)21(5,6)7/h14-16,27H,10-13H2,1-9H3,(H,24,28)/t15?,16-,22?/m0/s1. The summed E-state index contributed by atoms with van der Waals surface area (Å²) in [7, 11) is -2.14. The number of nitrogens with one attached hydrogen (secondary N) is 1. The Morgan fingerprint density at radius 1 is 1.30 bits per heavy atom. The van der Waals surface area contributed by atoms with E-state index in [-0.39, 0.29) is 17.5 Å². The second-order valence-corrected chi connectivity index (χ2v) is 16.0. The predicted molar refractivity (Wildman–Crippen MR) is 125 cm³/mol. The van der Waals surface area contributed by atoms with Crippen molar-refractivity contribution in [2.45, 2.75) is 103 Å². The molecule has 0 aromatic carbocycles. The van der Waals surface area contributed by atoms with E-state index >= 15 is 0 Å². The van der Waals surface area contributed by atoms with Gasteiger partial charge in [0.15, 0.2) is 13.9 Å². The lowest BCUT2D eigenvalue weighted by atomic mass is 9.88. The third-order valence-corrected chi connectivity index (χ3v) is 11.0. The average molecular weight is 485 g/mol. The van der Waals surface area contributed by atoms with E-state index in [1.54, 1.807) is 20.8 Å². The second-order valence-electron chi connectivity index (χ2n) is 11.2. The van der Waals surface area contributed by atoms with Gasteiger partial charge in [0.05, 0.1) is 12.7 Å². The summed E-state index contributed by atoms with van der Waals surface area (Å²) in [5.74, 6) is -0.312. The average Bonchev–Trinajstić information content (AvgIpc) is 3.32. The maximum Gasteiger partial charge on any atom is 0.411 e. The predicted octanol–water partition coefficient (Wildman–Crippen LogP) is 3.40. The molecular weight excluding hydrogens is 444 g/mol. The van der Waals surface area contributed by atoms with Crippen LogP contribution in [0.15, 0.2) is 10.8 Å². The molecule has 1 aliphatic heterocycles. The molecule has 2 amide bonds. The minimum atomic E-state index is -2.14. The number of carbonyl (C=O) groups is 2. The van der Waals surface area contributed by atoms with Crippen LogP contribution in [-0.2, 0) is 14.0 Å². The molecule has 10 nitrogen and oxygen atoms in total. The molecule has 11 heteroatoms. The van der Waals surface area contributed by atoms with Crippen molar-refractivity contribution in [2.24, 2.45) is 0 Å². The number of amides is 2. The number of ether oxygens (including phenoxy) is 1. The topological polar surface area (TPSA) is 127 Å². The lowest BCUT2D eigenvalue weighted by molar-refractivity contribution is -0.139. The fourth-order valence-electron chi connectivity index (χ4n) is 3.57. The van der Waals surface area contributed by atoms with Crippen LogP contribution in [0.25, 0.3) is 0 Å². The van der Waals surface area contributed by atoms with Gasteiger partial charge in [-0.25, -0.2) is 4.79 Å². The van der Waals surface area contributed by atoms with Crippen LogP contribution in [0.2, 0.25) is 18.1 Å². The molecule has 0 radical (unpaired) electrons. The van der Waals surface area contributed by atoms with Gasteiger partial charge in [-0.2, -0.15) is 0 Å². The van der Waals surface area contributed by atoms with Crippen LogP contribution in [0.3, 0.4) is 0 Å². The molecule has 1 saturated heterocycles. The first-order chi connectivity index (χ1) is 15.0. The molecule has 1 fully saturated rings. The number of aromatic nitrogens is 2. The lowest BCUT2D eigenvalue weighted by Crippen LogP contribution is -2.64. The molecule has 1 aliphatic rings. The summed E-state index contributed by atoms with van der Waals surface area (Å²) in [6, 6.07) is -0.731. The first kappa shape index (κ1) is 27.3. The van der Waals surface area contributed by atoms with E-state index < -0.39 is 43.6 Å². The van der Waals surface area contributed by atoms with Crippen molar-refractivity contribution in [1.29, 1.82) is 0 Å². The van der Waals surface area contributed by atoms with Crippen molar-refractivity contribution in [3.63, 3.8) is 0 Å². The number of carbonyl (C=O) groups excluding carboxylic acids is 2. The van der Waals surface area contributed by atoms with Crippen molar-refractivity contribution in [1.82, 2.24) is 20.4 Å². The number of hydrogen-bond acceptors (Lipinski definition) is 8. The quantitative estimate of drug-likeness (QED) is 0.564. The van der Waals surface area contributed by atoms with Gasteiger partial charge in [-0.1, -0.05) is 20.8 Å². The molecule has 1 aromatic heterocycles. The van der Waals surface area contributed by atoms with Crippen LogP contribution in [-0.4, -0.2) is 70.9 Å². The Morgan fingerprint density at radius 3 is 2.42 bits per heavy atom. The van der Waals surface area contributed by atoms with Gasteiger partial charge in [0.2, 0.25) is 18.2 Å². The Kier molecular flexibility index (Phi) is 8.02. The third-order valence-electron chi connectivity index (χ3n) is 6.52. The van der Waals surface area contributed by atoms with Crippen molar-refractivity contribution >= 4 is 20.3 Å². The number of hydrogen-bond donors (Lipinski definition) is 2. The number of likely N-dealkylation sites (tertiary alicyclic amines) is 1. The summed E-state index contributed by atoms with van der Waals surface area (Å²) in [6.45, 7) is 17.8. The normalized spacial score (nSPS) is 21.6. The van der Waals surface area contributed by atoms with Crippen LogP contribution in [0, 0.1) is 0 Å². The van der Waals surface area contributed by atoms with Gasteiger partial charge in [-0.05, 0) is 58.7 Å². The van der Waals surface area contributed by atoms with Gasteiger partial charge in [0, 0.05) is 6.54 Å². The molecule has 0 saturated carbocycles. The zero-order valence-corrected chi connectivity index (χ0v) is 22.4. The second kappa shape index (κ2) is 9.71. The Hall–Kier alpha value is -1.98. The third kappa shape index (κ3) is 6.13. The molecule has 2 rings (SSSR count). The van der Waals surface area contributed by atoms with Crippen LogP contribution >= 0.6 is 0 Å². The Bertz CT molecular complexity index is 816. The highest BCUT2D eigenvalue weighted by Crippen LogP contribution is 2.38. The van der Waals surface area contributed by atoms with Crippen molar-refractivity contribution in [2.75, 3.05) is 13.2 Å². The van der Waals surface area contributed by atoms with Crippen molar-refractivity contribution in [3.8, 4) is 0 Å². The summed E-state index contributed by atoms with van der Waals surface area (Å²) in [5.41, 5.74) is -2.21. The summed E-state index contributed by atoms with van der Waals surface area (Å²) < 4.78 is 17.2. The lowest BCUT2D eigenvalue weighted by Gasteiger charge is -2.41. The van der Waals surface area contributed by atoms with Gasteiger partial charge >= 0.3 is 6.09 Å². The zero-order valence-electron chi connectivity index (χ0n) is 21.4. The summed E-state index contributed by atoms with van der Waals surface area (Å²) >= 11 is 0. The highest BCUT2D eigenvalue weighted by molar-refractivity contribution is 6.74. The van der Waals surface area contributed by atoms with E-state index in [9.17, 15) is 14.7 Å². The van der Waals surface area contributed by atoms with E-state index in [4.69, 9.17) is 13.6 Å². The molecule has 33 heavy (non-hydrogen) atoms. The molecule has 0 bridgehead atoms. The molecule has 0 spiro atoms. The number of rotatable bonds is 7. The maximum atomic E-state index is 13.7. The van der Waals surface area contributed by atoms with Crippen LogP contribution < -0.4 is 5.32 Å². The van der Waals surface area contributed by atoms with E-state index in [0.717, 1.165) is 0 Å². The molecule has 2 N–H and O–H groups in total. The van der Waals surface area contributed by atoms with Gasteiger partial charge in [-0.15, -0.1) is 10.2 Å². The van der Waals surface area contributed by atoms with Crippen molar-refractivity contribution in [3.05, 3.63) is 12.3 Å². The Morgan fingerprint density at radius 2 is 1.94 bits per heavy atom. The minimum Gasteiger partial charge on any atom is -0.444 e. The van der Waals surface area contributed by atoms with Gasteiger partial charge < -0.3 is 24.0 Å². The molecule has 1 aromatic rings. The number of aliphatic hydroxyl groups is 1. The summed E-state index contributed by atoms with van der Waals surface area (Å²) in [5, 5.41) is 21.3. The van der Waals surface area contributed by atoms with E-state index in [1.807, 2.05) is 0 Å². The monoisotopic (exact) mass is 484 g/mol. The van der Waals surface area contributed by atoms with Crippen LogP contribution in [0.4, 0.5) is 4.79 Å². The highest BCUT2D eigenvalue weighted by Gasteiger charge is 2.55. The number of nitrogens with zero attached hydrogens (tertiary/aromatic N) is 3. The highest BCUT2D eigenvalue weighted by atomic mass is 28.4. The van der Waals surface area contributed by atoms with E-state index in [0.29, 0.717) is 19.4 Å². The fourth-order valence-corrected chi connectivity index (χ4v) is 4.59. The molecule has 2 unspecified atom stereocenters. The molecular formula is C22H40N4O6Si. The van der Waals surface area contributed by atoms with E-state index in [1.165, 1.54) is 18.2 Å². The SMILES string of the molecule is CC(O)C1(C(=O)N[C@@H](CO[Si](C)(C)C(C)(C)C)c2nnco2)CCCN1C(=O)OC(C)(C)C. The van der Waals surface area contributed by atoms with Crippen LogP contribution in [0.1, 0.15) is 73.2 Å². The van der Waals surface area contributed by atoms with Gasteiger partial charge in [-0.3, -0.25) is 9.69 Å². The van der Waals surface area contributed by atoms with Gasteiger partial charge in [0.25, 0.3) is 0 Å². The van der Waals surface area contributed by atoms with E-state index in [2.05, 4.69) is 49.4 Å². The zero-order chi connectivity index (χ0) is 25.2. The van der Waals surface area contributed by atoms with Gasteiger partial charge in [0.1, 0.15) is 11.6 Å². The fraction of sp³-hybridized carbons (Fsp3) is 0.818. The Labute approximate surface area is 197 Å². The molecule has 0 aliphatic carbocycles. The number of aliphatic hydroxyl groups excluding tert-OH is 1. The first-order valence-electron chi connectivity index (χ1n) is 11.4. The van der Waals surface area contributed by atoms with Crippen LogP contribution in [0.5, 0.6) is 0 Å². The summed E-state index contributed by atoms with van der Waals surface area (Å²) in [6.07, 6.45) is 0.284. The summed E-state index contributed by atoms with van der Waals surface area (Å²) in [4.78, 5) is 27.9. The largest absolute Gasteiger partial charge is 0.444 e. The minimum absolute atomic E-state index is 0.0315. The first-order valence-corrected chi connectivity index (χ1v) is 14.3. The smallest absolute Gasteiger partial charge is 0.411 e. The maximum absolute atomic E-state index is 13.7. The Balaban J connectivity index is 2.30. The molecule has 188 valence electrons. The molecule has 2 heterocycles. The molecule has 3 atom stereocenters.